The number of aromatic nitrogens is 5. The molecule has 4 N–H and O–H groups in total. The van der Waals surface area contributed by atoms with Gasteiger partial charge < -0.3 is 20.6 Å². The van der Waals surface area contributed by atoms with Crippen LogP contribution in [0.15, 0.2) is 102 Å². The number of aliphatic carboxylic acids is 1. The third-order valence-electron chi connectivity index (χ3n) is 9.52. The van der Waals surface area contributed by atoms with Gasteiger partial charge in [0.15, 0.2) is 10.8 Å². The predicted molar refractivity (Wildman–Crippen MR) is 196 cm³/mol. The molecule has 52 heavy (non-hydrogen) atoms. The van der Waals surface area contributed by atoms with Crippen molar-refractivity contribution in [2.45, 2.75) is 64.3 Å². The lowest BCUT2D eigenvalue weighted by atomic mass is 9.76. The van der Waals surface area contributed by atoms with Crippen LogP contribution in [0.25, 0.3) is 0 Å². The summed E-state index contributed by atoms with van der Waals surface area (Å²) in [6, 6.07) is 28.5. The minimum absolute atomic E-state index is 0.0868. The Morgan fingerprint density at radius 3 is 1.96 bits per heavy atom. The Bertz CT molecular complexity index is 1950. The van der Waals surface area contributed by atoms with Gasteiger partial charge in [-0.25, -0.2) is 4.98 Å². The number of carbonyl (C=O) groups excluding carboxylic acids is 2. The lowest BCUT2D eigenvalue weighted by Crippen LogP contribution is -2.70. The number of anilines is 2. The number of hydrogen-bond donors (Lipinski definition) is 4. The fraction of sp³-hybridized carbons (Fsp3) is 0.297. The van der Waals surface area contributed by atoms with E-state index in [1.54, 1.807) is 19.2 Å². The quantitative estimate of drug-likeness (QED) is 0.0559. The number of amides is 2. The highest BCUT2D eigenvalue weighted by molar-refractivity contribution is 7.14. The first-order chi connectivity index (χ1) is 24.8. The summed E-state index contributed by atoms with van der Waals surface area (Å²) in [6.07, 6.45) is -0.385. The molecule has 6 rings (SSSR count). The number of aromatic amines is 1. The van der Waals surface area contributed by atoms with Crippen molar-refractivity contribution in [2.24, 2.45) is 10.6 Å². The molecule has 0 bridgehead atoms. The zero-order chi connectivity index (χ0) is 37.1. The van der Waals surface area contributed by atoms with E-state index in [4.69, 9.17) is 9.82 Å². The summed E-state index contributed by atoms with van der Waals surface area (Å²) in [5.74, 6) is -2.18. The molecule has 0 spiro atoms. The maximum absolute atomic E-state index is 14.1. The maximum Gasteiger partial charge on any atom is 0.307 e. The van der Waals surface area contributed by atoms with E-state index in [9.17, 15) is 19.5 Å². The summed E-state index contributed by atoms with van der Waals surface area (Å²) in [4.78, 5) is 51.3. The van der Waals surface area contributed by atoms with Crippen molar-refractivity contribution in [3.05, 3.63) is 119 Å². The minimum Gasteiger partial charge on any atom is -0.481 e. The monoisotopic (exact) mass is 721 g/mol. The fourth-order valence-corrected chi connectivity index (χ4v) is 6.76. The zero-order valence-electron chi connectivity index (χ0n) is 29.3. The number of hydrogen-bond acceptors (Lipinski definition) is 11. The number of oxime groups is 1. The van der Waals surface area contributed by atoms with E-state index in [-0.39, 0.29) is 23.8 Å². The normalized spacial score (nSPS) is 17.5. The summed E-state index contributed by atoms with van der Waals surface area (Å²) in [6.45, 7) is 8.85. The largest absolute Gasteiger partial charge is 0.481 e. The van der Waals surface area contributed by atoms with E-state index in [0.29, 0.717) is 5.13 Å². The average Bonchev–Trinajstić information content (AvgIpc) is 3.83. The van der Waals surface area contributed by atoms with Crippen molar-refractivity contribution in [1.82, 2.24) is 30.9 Å². The van der Waals surface area contributed by atoms with Crippen molar-refractivity contribution in [3.8, 4) is 0 Å². The van der Waals surface area contributed by atoms with Crippen molar-refractivity contribution >= 4 is 45.9 Å². The maximum atomic E-state index is 14.1. The van der Waals surface area contributed by atoms with Gasteiger partial charge >= 0.3 is 5.97 Å². The first kappa shape index (κ1) is 35.9. The van der Waals surface area contributed by atoms with Crippen LogP contribution in [-0.4, -0.2) is 71.9 Å². The van der Waals surface area contributed by atoms with Gasteiger partial charge in [0.05, 0.1) is 12.5 Å². The van der Waals surface area contributed by atoms with Gasteiger partial charge in [0, 0.05) is 10.8 Å². The smallest absolute Gasteiger partial charge is 0.307 e. The van der Waals surface area contributed by atoms with Gasteiger partial charge in [-0.15, -0.1) is 16.4 Å². The van der Waals surface area contributed by atoms with E-state index < -0.39 is 46.4 Å². The van der Waals surface area contributed by atoms with Crippen LogP contribution in [0.4, 0.5) is 11.1 Å². The molecule has 2 aromatic heterocycles. The first-order valence-electron chi connectivity index (χ1n) is 16.6. The molecule has 14 nitrogen and oxygen atoms in total. The van der Waals surface area contributed by atoms with Crippen LogP contribution in [0, 0.1) is 5.41 Å². The molecular weight excluding hydrogens is 683 g/mol. The summed E-state index contributed by atoms with van der Waals surface area (Å²) in [5, 5.41) is 36.2. The van der Waals surface area contributed by atoms with Crippen molar-refractivity contribution < 1.29 is 24.3 Å². The Hall–Kier alpha value is -5.96. The van der Waals surface area contributed by atoms with Crippen molar-refractivity contribution in [2.75, 3.05) is 10.2 Å². The van der Waals surface area contributed by atoms with E-state index in [0.717, 1.165) is 16.7 Å². The van der Waals surface area contributed by atoms with Crippen LogP contribution in [-0.2, 0) is 24.8 Å². The zero-order valence-corrected chi connectivity index (χ0v) is 30.1. The highest BCUT2D eigenvalue weighted by Crippen LogP contribution is 2.41. The summed E-state index contributed by atoms with van der Waals surface area (Å²) < 4.78 is 0. The van der Waals surface area contributed by atoms with E-state index in [1.165, 1.54) is 16.2 Å². The summed E-state index contributed by atoms with van der Waals surface area (Å²) in [5.41, 5.74) is -0.114. The molecule has 5 aromatic rings. The number of benzene rings is 3. The highest BCUT2D eigenvalue weighted by atomic mass is 32.1. The second-order valence-electron chi connectivity index (χ2n) is 13.7. The summed E-state index contributed by atoms with van der Waals surface area (Å²) in [7, 11) is 0. The molecule has 1 unspecified atom stereocenters. The van der Waals surface area contributed by atoms with Crippen molar-refractivity contribution in [1.29, 1.82) is 0 Å². The topological polar surface area (TPSA) is 188 Å². The number of carboxylic acids is 1. The lowest BCUT2D eigenvalue weighted by Gasteiger charge is -2.42. The molecule has 1 saturated heterocycles. The molecule has 0 saturated carbocycles. The molecule has 2 amide bonds. The van der Waals surface area contributed by atoms with Gasteiger partial charge in [0.1, 0.15) is 22.9 Å². The second-order valence-corrected chi connectivity index (χ2v) is 14.6. The number of β-lactam (4-membered cyclic amide) rings is 1. The van der Waals surface area contributed by atoms with Crippen LogP contribution in [0.5, 0.6) is 0 Å². The fourth-order valence-electron chi connectivity index (χ4n) is 6.01. The number of carboxylic acid groups (broad SMARTS) is 1. The van der Waals surface area contributed by atoms with E-state index in [2.05, 4.69) is 36.4 Å². The second kappa shape index (κ2) is 14.3. The van der Waals surface area contributed by atoms with E-state index in [1.807, 2.05) is 112 Å². The van der Waals surface area contributed by atoms with Gasteiger partial charge in [-0.3, -0.25) is 19.3 Å². The van der Waals surface area contributed by atoms with Gasteiger partial charge in [-0.2, -0.15) is 5.21 Å². The molecule has 3 heterocycles. The third-order valence-corrected chi connectivity index (χ3v) is 10.3. The number of rotatable bonds is 13. The minimum atomic E-state index is -1.32. The Kier molecular flexibility index (Phi) is 9.89. The third kappa shape index (κ3) is 6.86. The molecule has 1 aliphatic rings. The van der Waals surface area contributed by atoms with Crippen LogP contribution in [0.3, 0.4) is 0 Å². The molecule has 3 aromatic carbocycles. The molecule has 268 valence electrons. The molecule has 0 radical (unpaired) electrons. The van der Waals surface area contributed by atoms with Gasteiger partial charge in [-0.05, 0) is 35.8 Å². The van der Waals surface area contributed by atoms with Gasteiger partial charge in [-0.1, -0.05) is 122 Å². The van der Waals surface area contributed by atoms with Crippen LogP contribution < -0.4 is 15.5 Å². The number of thiazole rings is 1. The molecule has 1 aliphatic heterocycles. The number of nitrogens with zero attached hydrogens (tertiary/aromatic N) is 6. The molecule has 1 fully saturated rings. The SMILES string of the molecule is C[C@H]1[C@H](NC(=O)/C(=N/OC(C)(CC(=O)O)C(C)(C)C)c2csc(NC(c3ccccc3)(c3ccccc3)c3ccccc3)n2)C(=O)N1c1nn[nH]n1. The first-order valence-corrected chi connectivity index (χ1v) is 17.5. The van der Waals surface area contributed by atoms with Gasteiger partial charge in [0.25, 0.3) is 17.8 Å². The van der Waals surface area contributed by atoms with Crippen LogP contribution in [0.1, 0.15) is 63.4 Å². The predicted octanol–water partition coefficient (Wildman–Crippen LogP) is 4.98. The standard InChI is InChI=1S/C37H39N9O5S/c1-23-29(32(50)46(23)33-41-44-45-42-33)39-31(49)30(43-51-36(5,21-28(47)48)35(2,3)4)27-22-52-34(38-27)40-37(24-15-9-6-10-16-24,25-17-11-7-12-18-25)26-19-13-8-14-20-26/h6-20,22-23,29H,21H2,1-5H3,(H,38,40)(H,39,49)(H,47,48)(H,41,42,44,45)/b43-30+/t23-,29-,36?/m0/s1. The molecule has 15 heteroatoms. The number of carbonyl (C=O) groups is 3. The molecular formula is C37H39N9O5S. The Morgan fingerprint density at radius 2 is 1.50 bits per heavy atom. The number of nitrogens with one attached hydrogen (secondary N) is 3. The Labute approximate surface area is 304 Å². The number of tetrazole rings is 1. The Balaban J connectivity index is 1.40. The summed E-state index contributed by atoms with van der Waals surface area (Å²) >= 11 is 1.26. The van der Waals surface area contributed by atoms with Crippen LogP contribution >= 0.6 is 11.3 Å². The van der Waals surface area contributed by atoms with Gasteiger partial charge in [0.2, 0.25) is 0 Å². The molecule has 0 aliphatic carbocycles. The lowest BCUT2D eigenvalue weighted by molar-refractivity contribution is -0.155. The van der Waals surface area contributed by atoms with Crippen LogP contribution in [0.2, 0.25) is 0 Å². The average molecular weight is 722 g/mol. The number of H-pyrrole nitrogens is 1. The Morgan fingerprint density at radius 1 is 0.942 bits per heavy atom. The van der Waals surface area contributed by atoms with Crippen molar-refractivity contribution in [3.63, 3.8) is 0 Å². The van der Waals surface area contributed by atoms with E-state index >= 15 is 0 Å². The highest BCUT2D eigenvalue weighted by Gasteiger charge is 2.49. The molecule has 3 atom stereocenters.